The van der Waals surface area contributed by atoms with Crippen molar-refractivity contribution in [2.75, 3.05) is 7.11 Å². The molecule has 0 saturated heterocycles. The van der Waals surface area contributed by atoms with Gasteiger partial charge in [-0.1, -0.05) is 50.6 Å². The van der Waals surface area contributed by atoms with Crippen LogP contribution in [-0.4, -0.2) is 18.2 Å². The number of rotatable bonds is 7. The van der Waals surface area contributed by atoms with E-state index in [2.05, 4.69) is 20.8 Å². The van der Waals surface area contributed by atoms with E-state index in [-0.39, 0.29) is 29.7 Å². The summed E-state index contributed by atoms with van der Waals surface area (Å²) in [5.74, 6) is -2.04. The highest BCUT2D eigenvalue weighted by molar-refractivity contribution is 5.78. The number of ether oxygens (including phenoxy) is 2. The van der Waals surface area contributed by atoms with E-state index >= 15 is 4.39 Å². The zero-order valence-corrected chi connectivity index (χ0v) is 22.5. The summed E-state index contributed by atoms with van der Waals surface area (Å²) in [5.41, 5.74) is 4.36. The molecular weight excluding hydrogens is 486 g/mol. The van der Waals surface area contributed by atoms with Crippen LogP contribution in [0.25, 0.3) is 11.1 Å². The summed E-state index contributed by atoms with van der Waals surface area (Å²) < 4.78 is 42.5. The molecule has 5 rings (SSSR count). The quantitative estimate of drug-likeness (QED) is 0.350. The van der Waals surface area contributed by atoms with Gasteiger partial charge in [0, 0.05) is 23.7 Å². The first-order chi connectivity index (χ1) is 18.0. The second-order valence-electron chi connectivity index (χ2n) is 11.8. The molecule has 0 amide bonds. The van der Waals surface area contributed by atoms with Gasteiger partial charge in [-0.25, -0.2) is 8.78 Å². The van der Waals surface area contributed by atoms with E-state index < -0.39 is 23.1 Å². The van der Waals surface area contributed by atoms with E-state index in [0.29, 0.717) is 30.4 Å². The van der Waals surface area contributed by atoms with Gasteiger partial charge in [-0.2, -0.15) is 0 Å². The Bertz CT molecular complexity index is 1410. The van der Waals surface area contributed by atoms with Crippen LogP contribution < -0.4 is 4.74 Å². The molecule has 0 bridgehead atoms. The van der Waals surface area contributed by atoms with Gasteiger partial charge in [0.25, 0.3) is 0 Å². The molecule has 3 aromatic carbocycles. The van der Waals surface area contributed by atoms with Crippen LogP contribution in [-0.2, 0) is 28.0 Å². The number of aliphatic carboxylic acids is 1. The molecule has 200 valence electrons. The molecular formula is C32H34F2O4. The van der Waals surface area contributed by atoms with Crippen molar-refractivity contribution in [3.63, 3.8) is 0 Å². The third-order valence-corrected chi connectivity index (χ3v) is 8.13. The van der Waals surface area contributed by atoms with E-state index in [0.717, 1.165) is 27.8 Å². The van der Waals surface area contributed by atoms with E-state index in [1.807, 2.05) is 37.3 Å². The molecule has 3 aromatic rings. The lowest BCUT2D eigenvalue weighted by Gasteiger charge is -2.32. The number of methoxy groups -OCH3 is 1. The smallest absolute Gasteiger partial charge is 0.307 e. The van der Waals surface area contributed by atoms with E-state index in [1.54, 1.807) is 19.2 Å². The molecule has 0 aliphatic heterocycles. The van der Waals surface area contributed by atoms with Crippen molar-refractivity contribution >= 4 is 5.97 Å². The van der Waals surface area contributed by atoms with E-state index in [4.69, 9.17) is 9.47 Å². The van der Waals surface area contributed by atoms with Gasteiger partial charge in [-0.3, -0.25) is 4.79 Å². The van der Waals surface area contributed by atoms with Crippen molar-refractivity contribution in [3.8, 4) is 16.9 Å². The van der Waals surface area contributed by atoms with Gasteiger partial charge in [-0.15, -0.1) is 0 Å². The molecule has 4 nitrogen and oxygen atoms in total. The molecule has 1 saturated carbocycles. The molecule has 1 spiro atoms. The van der Waals surface area contributed by atoms with Crippen LogP contribution in [0.1, 0.15) is 67.5 Å². The van der Waals surface area contributed by atoms with Crippen molar-refractivity contribution in [1.82, 2.24) is 0 Å². The number of carbonyl (C=O) groups is 1. The molecule has 0 heterocycles. The third kappa shape index (κ3) is 4.49. The fourth-order valence-electron chi connectivity index (χ4n) is 6.24. The lowest BCUT2D eigenvalue weighted by molar-refractivity contribution is -0.139. The van der Waals surface area contributed by atoms with Crippen LogP contribution in [0.4, 0.5) is 8.78 Å². The molecule has 2 aliphatic rings. The Kier molecular flexibility index (Phi) is 6.59. The molecule has 6 heteroatoms. The SMILES string of the molecule is CO[C@H](c1cc(COc2ccc3c(c2F)[C@@]2(CC3)C[C@@H]2C(=O)O)ccc1-c1cc(C)ccc1F)C(C)(C)C. The maximum atomic E-state index is 15.7. The largest absolute Gasteiger partial charge is 0.486 e. The highest BCUT2D eigenvalue weighted by Crippen LogP contribution is 2.62. The minimum absolute atomic E-state index is 0.106. The number of aryl methyl sites for hydroxylation is 2. The van der Waals surface area contributed by atoms with Gasteiger partial charge in [0.1, 0.15) is 12.4 Å². The normalized spacial score (nSPS) is 20.9. The lowest BCUT2D eigenvalue weighted by atomic mass is 9.81. The average Bonchev–Trinajstić information content (AvgIpc) is 3.47. The molecule has 1 N–H and O–H groups in total. The molecule has 3 atom stereocenters. The van der Waals surface area contributed by atoms with Crippen molar-refractivity contribution in [3.05, 3.63) is 88.0 Å². The van der Waals surface area contributed by atoms with Gasteiger partial charge >= 0.3 is 5.97 Å². The van der Waals surface area contributed by atoms with Crippen LogP contribution in [0.5, 0.6) is 5.75 Å². The van der Waals surface area contributed by atoms with E-state index in [1.165, 1.54) is 6.07 Å². The Morgan fingerprint density at radius 2 is 1.87 bits per heavy atom. The monoisotopic (exact) mass is 520 g/mol. The molecule has 0 unspecified atom stereocenters. The number of hydrogen-bond donors (Lipinski definition) is 1. The van der Waals surface area contributed by atoms with Crippen molar-refractivity contribution in [2.24, 2.45) is 11.3 Å². The zero-order valence-electron chi connectivity index (χ0n) is 22.5. The summed E-state index contributed by atoms with van der Waals surface area (Å²) >= 11 is 0. The zero-order chi connectivity index (χ0) is 27.4. The highest BCUT2D eigenvalue weighted by atomic mass is 19.1. The predicted octanol–water partition coefficient (Wildman–Crippen LogP) is 7.54. The van der Waals surface area contributed by atoms with Gasteiger partial charge in [0.2, 0.25) is 0 Å². The third-order valence-electron chi connectivity index (χ3n) is 8.13. The standard InChI is InChI=1S/C32H34F2O4/c1-18-6-10-25(33)22(14-18)21-9-7-19(15-23(21)29(37-5)31(2,3)4)17-38-26-11-8-20-12-13-32(27(20)28(26)34)16-24(32)30(35)36/h6-11,14-15,24,29H,12-13,16-17H2,1-5H3,(H,35,36)/t24-,29-,32+/m1/s1. The van der Waals surface area contributed by atoms with Crippen LogP contribution in [0.2, 0.25) is 0 Å². The Morgan fingerprint density at radius 1 is 1.11 bits per heavy atom. The fraction of sp³-hybridized carbons (Fsp3) is 0.406. The van der Waals surface area contributed by atoms with Crippen molar-refractivity contribution in [1.29, 1.82) is 0 Å². The van der Waals surface area contributed by atoms with Crippen LogP contribution in [0, 0.1) is 29.9 Å². The minimum atomic E-state index is -0.868. The maximum absolute atomic E-state index is 15.7. The number of carboxylic acids is 1. The molecule has 1 fully saturated rings. The number of halogens is 2. The van der Waals surface area contributed by atoms with Gasteiger partial charge in [0.05, 0.1) is 12.0 Å². The Hall–Kier alpha value is -3.25. The first-order valence-corrected chi connectivity index (χ1v) is 13.1. The summed E-state index contributed by atoms with van der Waals surface area (Å²) in [7, 11) is 1.65. The Labute approximate surface area is 222 Å². The van der Waals surface area contributed by atoms with Crippen LogP contribution >= 0.6 is 0 Å². The molecule has 0 radical (unpaired) electrons. The Morgan fingerprint density at radius 3 is 2.53 bits per heavy atom. The summed E-state index contributed by atoms with van der Waals surface area (Å²) in [6.07, 6.45) is 1.49. The number of fused-ring (bicyclic) bond motifs is 2. The topological polar surface area (TPSA) is 55.8 Å². The minimum Gasteiger partial charge on any atom is -0.486 e. The van der Waals surface area contributed by atoms with Crippen LogP contribution in [0.3, 0.4) is 0 Å². The fourth-order valence-corrected chi connectivity index (χ4v) is 6.24. The lowest BCUT2D eigenvalue weighted by Crippen LogP contribution is -2.21. The molecule has 0 aromatic heterocycles. The maximum Gasteiger partial charge on any atom is 0.307 e. The number of carboxylic acid groups (broad SMARTS) is 1. The van der Waals surface area contributed by atoms with Crippen molar-refractivity contribution < 1.29 is 28.2 Å². The summed E-state index contributed by atoms with van der Waals surface area (Å²) in [4.78, 5) is 11.6. The van der Waals surface area contributed by atoms with E-state index in [9.17, 15) is 14.3 Å². The molecule has 38 heavy (non-hydrogen) atoms. The highest BCUT2D eigenvalue weighted by Gasteiger charge is 2.63. The predicted molar refractivity (Wildman–Crippen MR) is 142 cm³/mol. The first kappa shape index (κ1) is 26.4. The summed E-state index contributed by atoms with van der Waals surface area (Å²) in [5, 5.41) is 9.51. The summed E-state index contributed by atoms with van der Waals surface area (Å²) in [6, 6.07) is 14.2. The van der Waals surface area contributed by atoms with Gasteiger partial charge < -0.3 is 14.6 Å². The number of hydrogen-bond acceptors (Lipinski definition) is 3. The second kappa shape index (κ2) is 9.49. The first-order valence-electron chi connectivity index (χ1n) is 13.1. The van der Waals surface area contributed by atoms with Gasteiger partial charge in [-0.05, 0) is 78.1 Å². The Balaban J connectivity index is 1.48. The number of benzene rings is 3. The average molecular weight is 521 g/mol. The molecule has 2 aliphatic carbocycles. The van der Waals surface area contributed by atoms with Crippen molar-refractivity contribution in [2.45, 2.75) is 65.1 Å². The second-order valence-corrected chi connectivity index (χ2v) is 11.8. The van der Waals surface area contributed by atoms with Crippen LogP contribution in [0.15, 0.2) is 48.5 Å². The summed E-state index contributed by atoms with van der Waals surface area (Å²) in [6.45, 7) is 8.24. The van der Waals surface area contributed by atoms with Gasteiger partial charge in [0.15, 0.2) is 11.6 Å².